The number of pyridine rings is 1. The van der Waals surface area contributed by atoms with Crippen molar-refractivity contribution >= 4 is 5.97 Å². The second kappa shape index (κ2) is 6.73. The molecule has 2 rings (SSSR count). The summed E-state index contributed by atoms with van der Waals surface area (Å²) in [5.41, 5.74) is 2.29. The lowest BCUT2D eigenvalue weighted by Gasteiger charge is -2.22. The van der Waals surface area contributed by atoms with Crippen molar-refractivity contribution in [2.75, 3.05) is 6.61 Å². The van der Waals surface area contributed by atoms with Crippen LogP contribution in [0, 0.1) is 0 Å². The van der Waals surface area contributed by atoms with Crippen LogP contribution in [-0.4, -0.2) is 17.1 Å². The van der Waals surface area contributed by atoms with Crippen LogP contribution < -0.4 is 5.56 Å². The maximum atomic E-state index is 12.5. The van der Waals surface area contributed by atoms with E-state index < -0.39 is 5.97 Å². The van der Waals surface area contributed by atoms with Crippen LogP contribution in [0.2, 0.25) is 0 Å². The normalized spacial score (nSPS) is 13.9. The molecule has 0 saturated heterocycles. The van der Waals surface area contributed by atoms with Crippen LogP contribution in [0.25, 0.3) is 0 Å². The Morgan fingerprint density at radius 3 is 2.75 bits per heavy atom. The molecule has 0 bridgehead atoms. The van der Waals surface area contributed by atoms with Crippen LogP contribution in [0.3, 0.4) is 0 Å². The van der Waals surface area contributed by atoms with E-state index in [1.165, 1.54) is 0 Å². The summed E-state index contributed by atoms with van der Waals surface area (Å²) in [6.45, 7) is 4.85. The highest BCUT2D eigenvalue weighted by atomic mass is 16.5. The Balaban J connectivity index is 2.48. The molecular formula is C16H23NO3. The van der Waals surface area contributed by atoms with Gasteiger partial charge in [0.2, 0.25) is 0 Å². The molecule has 110 valence electrons. The number of hydrogen-bond acceptors (Lipinski definition) is 3. The first-order valence-corrected chi connectivity index (χ1v) is 7.61. The van der Waals surface area contributed by atoms with Gasteiger partial charge in [-0.05, 0) is 50.7 Å². The highest BCUT2D eigenvalue weighted by Crippen LogP contribution is 2.21. The van der Waals surface area contributed by atoms with E-state index in [-0.39, 0.29) is 11.1 Å². The number of ether oxygens (including phenoxy) is 1. The zero-order valence-electron chi connectivity index (χ0n) is 12.4. The summed E-state index contributed by atoms with van der Waals surface area (Å²) in [6, 6.07) is 1.76. The summed E-state index contributed by atoms with van der Waals surface area (Å²) in [6.07, 6.45) is 6.13. The average Bonchev–Trinajstić information content (AvgIpc) is 2.46. The van der Waals surface area contributed by atoms with E-state index >= 15 is 0 Å². The summed E-state index contributed by atoms with van der Waals surface area (Å²) in [7, 11) is 0. The summed E-state index contributed by atoms with van der Waals surface area (Å²) in [4.78, 5) is 24.5. The SMILES string of the molecule is CCCCn1c2c(cc(C(=O)OCC)c1=O)CCCC2. The van der Waals surface area contributed by atoms with Gasteiger partial charge >= 0.3 is 5.97 Å². The molecule has 0 N–H and O–H groups in total. The second-order valence-corrected chi connectivity index (χ2v) is 5.27. The van der Waals surface area contributed by atoms with Crippen molar-refractivity contribution in [3.05, 3.63) is 33.2 Å². The molecule has 4 nitrogen and oxygen atoms in total. The van der Waals surface area contributed by atoms with E-state index in [2.05, 4.69) is 6.92 Å². The van der Waals surface area contributed by atoms with Gasteiger partial charge in [-0.2, -0.15) is 0 Å². The van der Waals surface area contributed by atoms with Crippen molar-refractivity contribution in [2.45, 2.75) is 58.9 Å². The van der Waals surface area contributed by atoms with Crippen molar-refractivity contribution in [2.24, 2.45) is 0 Å². The van der Waals surface area contributed by atoms with Gasteiger partial charge in [-0.15, -0.1) is 0 Å². The molecule has 0 spiro atoms. The number of aromatic nitrogens is 1. The summed E-state index contributed by atoms with van der Waals surface area (Å²) in [5.74, 6) is -0.490. The van der Waals surface area contributed by atoms with E-state index in [4.69, 9.17) is 4.74 Å². The van der Waals surface area contributed by atoms with Crippen LogP contribution in [0.1, 0.15) is 61.1 Å². The Morgan fingerprint density at radius 1 is 1.30 bits per heavy atom. The number of fused-ring (bicyclic) bond motifs is 1. The number of carbonyl (C=O) groups is 1. The van der Waals surface area contributed by atoms with E-state index in [1.807, 2.05) is 4.57 Å². The molecule has 1 aliphatic carbocycles. The Hall–Kier alpha value is -1.58. The Labute approximate surface area is 119 Å². The monoisotopic (exact) mass is 277 g/mol. The van der Waals surface area contributed by atoms with E-state index in [9.17, 15) is 9.59 Å². The third-order valence-corrected chi connectivity index (χ3v) is 3.83. The minimum absolute atomic E-state index is 0.183. The number of nitrogens with zero attached hydrogens (tertiary/aromatic N) is 1. The van der Waals surface area contributed by atoms with Crippen molar-refractivity contribution in [1.82, 2.24) is 4.57 Å². The number of rotatable bonds is 5. The fourth-order valence-corrected chi connectivity index (χ4v) is 2.79. The number of carbonyl (C=O) groups excluding carboxylic acids is 1. The Bertz CT molecular complexity index is 545. The summed E-state index contributed by atoms with van der Waals surface area (Å²) >= 11 is 0. The Morgan fingerprint density at radius 2 is 2.05 bits per heavy atom. The molecule has 0 aromatic carbocycles. The summed E-state index contributed by atoms with van der Waals surface area (Å²) < 4.78 is 6.82. The largest absolute Gasteiger partial charge is 0.462 e. The van der Waals surface area contributed by atoms with Gasteiger partial charge in [0.15, 0.2) is 0 Å². The van der Waals surface area contributed by atoms with E-state index in [0.717, 1.165) is 49.8 Å². The molecule has 1 heterocycles. The van der Waals surface area contributed by atoms with Crippen LogP contribution in [0.15, 0.2) is 10.9 Å². The number of esters is 1. The molecule has 0 aliphatic heterocycles. The van der Waals surface area contributed by atoms with Crippen LogP contribution in [0.4, 0.5) is 0 Å². The molecule has 0 unspecified atom stereocenters. The van der Waals surface area contributed by atoms with Gasteiger partial charge in [0.25, 0.3) is 5.56 Å². The number of aryl methyl sites for hydroxylation is 1. The molecule has 0 radical (unpaired) electrons. The van der Waals surface area contributed by atoms with Gasteiger partial charge < -0.3 is 9.30 Å². The zero-order chi connectivity index (χ0) is 14.5. The standard InChI is InChI=1S/C16H23NO3/c1-3-5-10-17-14-9-7-6-8-12(14)11-13(15(17)18)16(19)20-4-2/h11H,3-10H2,1-2H3. The van der Waals surface area contributed by atoms with Gasteiger partial charge in [-0.1, -0.05) is 13.3 Å². The third kappa shape index (κ3) is 2.94. The third-order valence-electron chi connectivity index (χ3n) is 3.83. The van der Waals surface area contributed by atoms with Gasteiger partial charge in [0.1, 0.15) is 5.56 Å². The summed E-state index contributed by atoms with van der Waals surface area (Å²) in [5, 5.41) is 0. The molecule has 1 aromatic heterocycles. The van der Waals surface area contributed by atoms with Crippen LogP contribution in [-0.2, 0) is 24.1 Å². The molecular weight excluding hydrogens is 254 g/mol. The molecule has 4 heteroatoms. The van der Waals surface area contributed by atoms with E-state index in [0.29, 0.717) is 13.2 Å². The first kappa shape index (κ1) is 14.8. The molecule has 1 aromatic rings. The lowest BCUT2D eigenvalue weighted by Crippen LogP contribution is -2.32. The smallest absolute Gasteiger partial charge is 0.343 e. The van der Waals surface area contributed by atoms with Gasteiger partial charge in [0, 0.05) is 12.2 Å². The van der Waals surface area contributed by atoms with Crippen molar-refractivity contribution in [1.29, 1.82) is 0 Å². The van der Waals surface area contributed by atoms with Gasteiger partial charge in [-0.25, -0.2) is 4.79 Å². The fraction of sp³-hybridized carbons (Fsp3) is 0.625. The first-order valence-electron chi connectivity index (χ1n) is 7.61. The predicted molar refractivity (Wildman–Crippen MR) is 78.2 cm³/mol. The first-order chi connectivity index (χ1) is 9.69. The van der Waals surface area contributed by atoms with Gasteiger partial charge in [0.05, 0.1) is 6.61 Å². The molecule has 0 atom stereocenters. The highest BCUT2D eigenvalue weighted by molar-refractivity contribution is 5.89. The topological polar surface area (TPSA) is 48.3 Å². The van der Waals surface area contributed by atoms with Crippen LogP contribution >= 0.6 is 0 Å². The number of hydrogen-bond donors (Lipinski definition) is 0. The van der Waals surface area contributed by atoms with Crippen molar-refractivity contribution in [3.8, 4) is 0 Å². The van der Waals surface area contributed by atoms with Crippen molar-refractivity contribution in [3.63, 3.8) is 0 Å². The molecule has 20 heavy (non-hydrogen) atoms. The van der Waals surface area contributed by atoms with E-state index in [1.54, 1.807) is 13.0 Å². The predicted octanol–water partition coefficient (Wildman–Crippen LogP) is 2.70. The van der Waals surface area contributed by atoms with Gasteiger partial charge in [-0.3, -0.25) is 4.79 Å². The minimum Gasteiger partial charge on any atom is -0.462 e. The minimum atomic E-state index is -0.490. The zero-order valence-corrected chi connectivity index (χ0v) is 12.4. The molecule has 1 aliphatic rings. The van der Waals surface area contributed by atoms with Crippen LogP contribution in [0.5, 0.6) is 0 Å². The second-order valence-electron chi connectivity index (χ2n) is 5.27. The maximum Gasteiger partial charge on any atom is 0.343 e. The maximum absolute atomic E-state index is 12.5. The number of unbranched alkanes of at least 4 members (excludes halogenated alkanes) is 1. The van der Waals surface area contributed by atoms with Crippen molar-refractivity contribution < 1.29 is 9.53 Å². The average molecular weight is 277 g/mol. The molecule has 0 saturated carbocycles. The molecule has 0 amide bonds. The Kier molecular flexibility index (Phi) is 4.99. The lowest BCUT2D eigenvalue weighted by atomic mass is 9.94. The molecule has 0 fully saturated rings. The fourth-order valence-electron chi connectivity index (χ4n) is 2.79. The lowest BCUT2D eigenvalue weighted by molar-refractivity contribution is 0.0523. The highest BCUT2D eigenvalue weighted by Gasteiger charge is 2.21. The quantitative estimate of drug-likeness (QED) is 0.777.